The zero-order valence-electron chi connectivity index (χ0n) is 7.25. The Morgan fingerprint density at radius 3 is 2.25 bits per heavy atom. The second-order valence-corrected chi connectivity index (χ2v) is 4.50. The van der Waals surface area contributed by atoms with Gasteiger partial charge in [-0.05, 0) is 18.2 Å². The normalized spacial score (nSPS) is 12.6. The minimum atomic E-state index is -5.79. The summed E-state index contributed by atoms with van der Waals surface area (Å²) in [5.41, 5.74) is -5.56. The van der Waals surface area contributed by atoms with Crippen LogP contribution in [-0.2, 0) is 10.1 Å². The van der Waals surface area contributed by atoms with Crippen molar-refractivity contribution in [2.45, 2.75) is 5.51 Å². The van der Waals surface area contributed by atoms with Crippen LogP contribution in [0.3, 0.4) is 0 Å². The molecule has 0 bridgehead atoms. The largest absolute Gasteiger partial charge is 0.534 e. The molecule has 9 heteroatoms. The lowest BCUT2D eigenvalue weighted by atomic mass is 10.3. The van der Waals surface area contributed by atoms with E-state index in [-0.39, 0.29) is 0 Å². The first kappa shape index (κ1) is 13.0. The fraction of sp³-hybridized carbons (Fsp3) is 0.143. The van der Waals surface area contributed by atoms with E-state index < -0.39 is 32.2 Å². The maximum absolute atomic E-state index is 12.5. The summed E-state index contributed by atoms with van der Waals surface area (Å²) >= 11 is 5.29. The van der Waals surface area contributed by atoms with Gasteiger partial charge in [-0.25, -0.2) is 4.39 Å². The fourth-order valence-corrected chi connectivity index (χ4v) is 1.44. The lowest BCUT2D eigenvalue weighted by molar-refractivity contribution is -0.0500. The Morgan fingerprint density at radius 1 is 1.25 bits per heavy atom. The summed E-state index contributed by atoms with van der Waals surface area (Å²) in [4.78, 5) is 0. The van der Waals surface area contributed by atoms with Crippen molar-refractivity contribution < 1.29 is 30.2 Å². The molecule has 0 N–H and O–H groups in total. The molecule has 3 nitrogen and oxygen atoms in total. The molecule has 0 aromatic heterocycles. The van der Waals surface area contributed by atoms with Crippen molar-refractivity contribution in [3.8, 4) is 5.75 Å². The van der Waals surface area contributed by atoms with Crippen molar-refractivity contribution in [3.63, 3.8) is 0 Å². The van der Waals surface area contributed by atoms with Crippen molar-refractivity contribution in [1.82, 2.24) is 0 Å². The van der Waals surface area contributed by atoms with Gasteiger partial charge in [0.1, 0.15) is 5.82 Å². The minimum absolute atomic E-state index is 0.576. The van der Waals surface area contributed by atoms with Gasteiger partial charge in [-0.3, -0.25) is 0 Å². The van der Waals surface area contributed by atoms with Crippen molar-refractivity contribution in [2.24, 2.45) is 0 Å². The zero-order valence-corrected chi connectivity index (χ0v) is 8.83. The highest BCUT2D eigenvalue weighted by Gasteiger charge is 2.48. The van der Waals surface area contributed by atoms with Crippen LogP contribution in [0, 0.1) is 5.82 Å². The Balaban J connectivity index is 3.07. The van der Waals surface area contributed by atoms with Crippen LogP contribution in [0.4, 0.5) is 17.6 Å². The molecule has 16 heavy (non-hydrogen) atoms. The standard InChI is InChI=1S/C7H3ClF4O3S/c8-5-3-4(9)1-2-6(5)15-16(13,14)7(10,11)12/h1-3H. The summed E-state index contributed by atoms with van der Waals surface area (Å²) in [7, 11) is -5.79. The smallest absolute Gasteiger partial charge is 0.374 e. The Bertz CT molecular complexity index is 497. The van der Waals surface area contributed by atoms with Gasteiger partial charge in [0, 0.05) is 0 Å². The molecule has 0 unspecified atom stereocenters. The minimum Gasteiger partial charge on any atom is -0.374 e. The molecule has 0 aliphatic rings. The van der Waals surface area contributed by atoms with Crippen LogP contribution in [0.1, 0.15) is 0 Å². The molecule has 0 aliphatic heterocycles. The maximum Gasteiger partial charge on any atom is 0.534 e. The highest BCUT2D eigenvalue weighted by Crippen LogP contribution is 2.31. The van der Waals surface area contributed by atoms with E-state index in [1.165, 1.54) is 0 Å². The zero-order chi connectivity index (χ0) is 12.6. The molecule has 0 atom stereocenters. The van der Waals surface area contributed by atoms with Gasteiger partial charge < -0.3 is 4.18 Å². The molecular weight excluding hydrogens is 276 g/mol. The summed E-state index contributed by atoms with van der Waals surface area (Å²) in [5, 5.41) is -0.576. The Labute approximate surface area is 92.7 Å². The maximum atomic E-state index is 12.5. The van der Waals surface area contributed by atoms with Crippen molar-refractivity contribution in [1.29, 1.82) is 0 Å². The van der Waals surface area contributed by atoms with Gasteiger partial charge in [0.25, 0.3) is 0 Å². The van der Waals surface area contributed by atoms with Gasteiger partial charge in [0.2, 0.25) is 0 Å². The summed E-state index contributed by atoms with van der Waals surface area (Å²) < 4.78 is 73.0. The molecule has 0 heterocycles. The average molecular weight is 279 g/mol. The molecule has 0 radical (unpaired) electrons. The average Bonchev–Trinajstić information content (AvgIpc) is 2.08. The molecular formula is C7H3ClF4O3S. The van der Waals surface area contributed by atoms with Gasteiger partial charge in [-0.2, -0.15) is 21.6 Å². The molecule has 0 spiro atoms. The quantitative estimate of drug-likeness (QED) is 0.475. The number of benzene rings is 1. The molecule has 90 valence electrons. The second kappa shape index (κ2) is 4.10. The number of hydrogen-bond donors (Lipinski definition) is 0. The van der Waals surface area contributed by atoms with Crippen LogP contribution in [0.25, 0.3) is 0 Å². The lowest BCUT2D eigenvalue weighted by Crippen LogP contribution is -2.28. The van der Waals surface area contributed by atoms with Crippen molar-refractivity contribution in [3.05, 3.63) is 29.0 Å². The van der Waals surface area contributed by atoms with Gasteiger partial charge in [0.05, 0.1) is 5.02 Å². The highest BCUT2D eigenvalue weighted by atomic mass is 35.5. The number of rotatable bonds is 2. The second-order valence-electron chi connectivity index (χ2n) is 2.56. The van der Waals surface area contributed by atoms with Crippen molar-refractivity contribution in [2.75, 3.05) is 0 Å². The molecule has 0 aliphatic carbocycles. The fourth-order valence-electron chi connectivity index (χ4n) is 0.708. The molecule has 0 fully saturated rings. The topological polar surface area (TPSA) is 43.4 Å². The summed E-state index contributed by atoms with van der Waals surface area (Å²) in [6.45, 7) is 0. The van der Waals surface area contributed by atoms with E-state index in [9.17, 15) is 26.0 Å². The third-order valence-corrected chi connectivity index (χ3v) is 2.64. The third-order valence-electron chi connectivity index (χ3n) is 1.38. The predicted molar refractivity (Wildman–Crippen MR) is 47.0 cm³/mol. The monoisotopic (exact) mass is 278 g/mol. The number of alkyl halides is 3. The number of halogens is 5. The van der Waals surface area contributed by atoms with E-state index in [4.69, 9.17) is 11.6 Å². The molecule has 1 aromatic rings. The van der Waals surface area contributed by atoms with Crippen LogP contribution < -0.4 is 4.18 Å². The summed E-state index contributed by atoms with van der Waals surface area (Å²) in [6.07, 6.45) is 0. The van der Waals surface area contributed by atoms with Crippen LogP contribution in [0.15, 0.2) is 18.2 Å². The molecule has 0 saturated carbocycles. The van der Waals surface area contributed by atoms with Crippen LogP contribution >= 0.6 is 11.6 Å². The van der Waals surface area contributed by atoms with Crippen LogP contribution in [0.2, 0.25) is 5.02 Å². The Hall–Kier alpha value is -1.02. The van der Waals surface area contributed by atoms with E-state index in [2.05, 4.69) is 4.18 Å². The van der Waals surface area contributed by atoms with Crippen molar-refractivity contribution >= 4 is 21.7 Å². The first-order chi connectivity index (χ1) is 7.13. The van der Waals surface area contributed by atoms with Gasteiger partial charge in [-0.15, -0.1) is 0 Å². The van der Waals surface area contributed by atoms with Gasteiger partial charge >= 0.3 is 15.6 Å². The van der Waals surface area contributed by atoms with Gasteiger partial charge in [-0.1, -0.05) is 11.6 Å². The Morgan fingerprint density at radius 2 is 1.81 bits per heavy atom. The first-order valence-electron chi connectivity index (χ1n) is 3.59. The number of hydrogen-bond acceptors (Lipinski definition) is 3. The predicted octanol–water partition coefficient (Wildman–Crippen LogP) is 2.71. The summed E-state index contributed by atoms with van der Waals surface area (Å²) in [5.74, 6) is -1.62. The lowest BCUT2D eigenvalue weighted by Gasteiger charge is -2.10. The Kier molecular flexibility index (Phi) is 3.34. The van der Waals surface area contributed by atoms with Gasteiger partial charge in [0.15, 0.2) is 5.75 Å². The molecule has 0 amide bonds. The van der Waals surface area contributed by atoms with E-state index in [0.29, 0.717) is 18.2 Å². The summed E-state index contributed by atoms with van der Waals surface area (Å²) in [6, 6.07) is 2.02. The van der Waals surface area contributed by atoms with E-state index in [1.807, 2.05) is 0 Å². The molecule has 0 saturated heterocycles. The van der Waals surface area contributed by atoms with Crippen LogP contribution in [0.5, 0.6) is 5.75 Å². The molecule has 1 rings (SSSR count). The first-order valence-corrected chi connectivity index (χ1v) is 5.38. The third kappa shape index (κ3) is 2.76. The highest BCUT2D eigenvalue weighted by molar-refractivity contribution is 7.88. The van der Waals surface area contributed by atoms with E-state index >= 15 is 0 Å². The van der Waals surface area contributed by atoms with Crippen LogP contribution in [-0.4, -0.2) is 13.9 Å². The van der Waals surface area contributed by atoms with E-state index in [0.717, 1.165) is 0 Å². The van der Waals surface area contributed by atoms with E-state index in [1.54, 1.807) is 0 Å². The molecule has 1 aromatic carbocycles. The SMILES string of the molecule is O=S(=O)(Oc1ccc(F)cc1Cl)C(F)(F)F.